The molecular formula is C22H30ClN3O2. The van der Waals surface area contributed by atoms with Crippen molar-refractivity contribution in [3.8, 4) is 0 Å². The van der Waals surface area contributed by atoms with E-state index in [1.807, 2.05) is 34.1 Å². The Labute approximate surface area is 172 Å². The van der Waals surface area contributed by atoms with Crippen molar-refractivity contribution in [1.82, 2.24) is 14.7 Å². The molecule has 0 aliphatic carbocycles. The fourth-order valence-corrected chi connectivity index (χ4v) is 5.04. The second-order valence-electron chi connectivity index (χ2n) is 8.53. The highest BCUT2D eigenvalue weighted by molar-refractivity contribution is 6.30. The van der Waals surface area contributed by atoms with Crippen molar-refractivity contribution < 1.29 is 9.59 Å². The summed E-state index contributed by atoms with van der Waals surface area (Å²) in [5.74, 6) is 0.495. The lowest BCUT2D eigenvalue weighted by Gasteiger charge is -2.57. The average molecular weight is 404 g/mol. The third kappa shape index (κ3) is 4.20. The molecule has 28 heavy (non-hydrogen) atoms. The van der Waals surface area contributed by atoms with Gasteiger partial charge in [0.15, 0.2) is 0 Å². The van der Waals surface area contributed by atoms with Gasteiger partial charge in [-0.15, -0.1) is 0 Å². The molecule has 3 aliphatic heterocycles. The molecule has 3 fully saturated rings. The SMILES string of the molecule is O=C(CN1CCC12CCCN(C(=O)CCc1ccc(Cl)cc1)C2)N1CCCC1. The average Bonchev–Trinajstić information content (AvgIpc) is 3.25. The van der Waals surface area contributed by atoms with Crippen LogP contribution >= 0.6 is 11.6 Å². The second-order valence-corrected chi connectivity index (χ2v) is 8.97. The van der Waals surface area contributed by atoms with E-state index in [-0.39, 0.29) is 17.4 Å². The summed E-state index contributed by atoms with van der Waals surface area (Å²) in [5, 5.41) is 0.724. The van der Waals surface area contributed by atoms with Crippen molar-refractivity contribution in [2.24, 2.45) is 0 Å². The van der Waals surface area contributed by atoms with Crippen LogP contribution in [0.5, 0.6) is 0 Å². The van der Waals surface area contributed by atoms with Crippen molar-refractivity contribution in [3.63, 3.8) is 0 Å². The molecule has 152 valence electrons. The van der Waals surface area contributed by atoms with E-state index in [0.717, 1.165) is 81.8 Å². The number of halogens is 1. The van der Waals surface area contributed by atoms with Gasteiger partial charge in [0.25, 0.3) is 0 Å². The molecule has 3 saturated heterocycles. The zero-order valence-electron chi connectivity index (χ0n) is 16.5. The van der Waals surface area contributed by atoms with Crippen molar-refractivity contribution in [2.45, 2.75) is 50.5 Å². The molecular weight excluding hydrogens is 374 g/mol. The van der Waals surface area contributed by atoms with Gasteiger partial charge in [0.2, 0.25) is 11.8 Å². The fraction of sp³-hybridized carbons (Fsp3) is 0.636. The third-order valence-electron chi connectivity index (χ3n) is 6.75. The molecule has 3 aliphatic rings. The minimum atomic E-state index is 0.0313. The summed E-state index contributed by atoms with van der Waals surface area (Å²) in [6, 6.07) is 7.73. The van der Waals surface area contributed by atoms with Gasteiger partial charge in [-0.2, -0.15) is 0 Å². The van der Waals surface area contributed by atoms with Crippen LogP contribution in [0.4, 0.5) is 0 Å². The first kappa shape index (κ1) is 19.7. The molecule has 0 bridgehead atoms. The number of amides is 2. The number of carbonyl (C=O) groups is 2. The van der Waals surface area contributed by atoms with Crippen molar-refractivity contribution in [1.29, 1.82) is 0 Å². The number of hydrogen-bond donors (Lipinski definition) is 0. The lowest BCUT2D eigenvalue weighted by Crippen LogP contribution is -2.68. The quantitative estimate of drug-likeness (QED) is 0.759. The Kier molecular flexibility index (Phi) is 5.93. The van der Waals surface area contributed by atoms with Crippen LogP contribution in [0.2, 0.25) is 5.02 Å². The minimum Gasteiger partial charge on any atom is -0.342 e. The molecule has 4 rings (SSSR count). The van der Waals surface area contributed by atoms with Crippen LogP contribution in [0.15, 0.2) is 24.3 Å². The van der Waals surface area contributed by atoms with Crippen LogP contribution in [0.25, 0.3) is 0 Å². The molecule has 0 saturated carbocycles. The zero-order valence-corrected chi connectivity index (χ0v) is 17.3. The maximum atomic E-state index is 12.8. The molecule has 1 atom stereocenters. The Morgan fingerprint density at radius 2 is 1.61 bits per heavy atom. The Balaban J connectivity index is 1.31. The van der Waals surface area contributed by atoms with E-state index in [0.29, 0.717) is 13.0 Å². The van der Waals surface area contributed by atoms with Gasteiger partial charge in [0.1, 0.15) is 0 Å². The number of hydrogen-bond acceptors (Lipinski definition) is 3. The number of benzene rings is 1. The van der Waals surface area contributed by atoms with Crippen LogP contribution in [-0.4, -0.2) is 71.3 Å². The summed E-state index contributed by atoms with van der Waals surface area (Å²) in [7, 11) is 0. The number of carbonyl (C=O) groups excluding carboxylic acids is 2. The Hall–Kier alpha value is -1.59. The van der Waals surface area contributed by atoms with E-state index in [4.69, 9.17) is 11.6 Å². The van der Waals surface area contributed by atoms with Gasteiger partial charge in [0.05, 0.1) is 6.54 Å². The molecule has 1 spiro atoms. The molecule has 1 unspecified atom stereocenters. The fourth-order valence-electron chi connectivity index (χ4n) is 4.91. The summed E-state index contributed by atoms with van der Waals surface area (Å²) < 4.78 is 0. The van der Waals surface area contributed by atoms with Crippen LogP contribution in [0.1, 0.15) is 44.1 Å². The van der Waals surface area contributed by atoms with E-state index in [2.05, 4.69) is 4.90 Å². The van der Waals surface area contributed by atoms with Crippen LogP contribution in [0, 0.1) is 0 Å². The first-order chi connectivity index (χ1) is 13.6. The number of piperidine rings is 1. The van der Waals surface area contributed by atoms with Gasteiger partial charge in [-0.3, -0.25) is 14.5 Å². The number of likely N-dealkylation sites (tertiary alicyclic amines) is 3. The van der Waals surface area contributed by atoms with Crippen molar-refractivity contribution >= 4 is 23.4 Å². The lowest BCUT2D eigenvalue weighted by atomic mass is 9.77. The second kappa shape index (κ2) is 8.42. The predicted molar refractivity (Wildman–Crippen MR) is 110 cm³/mol. The van der Waals surface area contributed by atoms with Crippen LogP contribution < -0.4 is 0 Å². The van der Waals surface area contributed by atoms with E-state index < -0.39 is 0 Å². The Bertz CT molecular complexity index is 717. The van der Waals surface area contributed by atoms with Crippen LogP contribution in [0.3, 0.4) is 0 Å². The molecule has 0 N–H and O–H groups in total. The maximum Gasteiger partial charge on any atom is 0.236 e. The first-order valence-corrected chi connectivity index (χ1v) is 11.0. The van der Waals surface area contributed by atoms with E-state index in [9.17, 15) is 9.59 Å². The van der Waals surface area contributed by atoms with E-state index in [1.165, 1.54) is 0 Å². The zero-order chi connectivity index (χ0) is 19.6. The highest BCUT2D eigenvalue weighted by Crippen LogP contribution is 2.38. The summed E-state index contributed by atoms with van der Waals surface area (Å²) in [5.41, 5.74) is 1.18. The highest BCUT2D eigenvalue weighted by Gasteiger charge is 2.48. The lowest BCUT2D eigenvalue weighted by molar-refractivity contribution is -0.145. The van der Waals surface area contributed by atoms with Crippen molar-refractivity contribution in [2.75, 3.05) is 39.3 Å². The normalized spacial score (nSPS) is 25.2. The third-order valence-corrected chi connectivity index (χ3v) is 7.00. The molecule has 0 aromatic heterocycles. The minimum absolute atomic E-state index is 0.0313. The molecule has 1 aromatic rings. The van der Waals surface area contributed by atoms with E-state index in [1.54, 1.807) is 0 Å². The molecule has 6 heteroatoms. The van der Waals surface area contributed by atoms with Gasteiger partial charge in [-0.25, -0.2) is 0 Å². The molecule has 3 heterocycles. The number of rotatable bonds is 5. The Morgan fingerprint density at radius 3 is 2.29 bits per heavy atom. The monoisotopic (exact) mass is 403 g/mol. The first-order valence-electron chi connectivity index (χ1n) is 10.6. The predicted octanol–water partition coefficient (Wildman–Crippen LogP) is 2.96. The topological polar surface area (TPSA) is 43.9 Å². The van der Waals surface area contributed by atoms with Gasteiger partial charge in [-0.05, 0) is 56.2 Å². The summed E-state index contributed by atoms with van der Waals surface area (Å²) in [4.78, 5) is 31.8. The van der Waals surface area contributed by atoms with Crippen molar-refractivity contribution in [3.05, 3.63) is 34.9 Å². The van der Waals surface area contributed by atoms with Gasteiger partial charge in [-0.1, -0.05) is 23.7 Å². The van der Waals surface area contributed by atoms with Gasteiger partial charge >= 0.3 is 0 Å². The summed E-state index contributed by atoms with van der Waals surface area (Å²) in [6.45, 7) is 4.94. The smallest absolute Gasteiger partial charge is 0.236 e. The molecule has 0 radical (unpaired) electrons. The van der Waals surface area contributed by atoms with E-state index >= 15 is 0 Å². The standard InChI is InChI=1S/C22H30ClN3O2/c23-19-7-4-18(5-8-19)6-9-20(27)25-14-3-10-22(17-25)11-15-26(22)16-21(28)24-12-1-2-13-24/h4-5,7-8H,1-3,6,9-17H2. The van der Waals surface area contributed by atoms with Crippen LogP contribution in [-0.2, 0) is 16.0 Å². The highest BCUT2D eigenvalue weighted by atomic mass is 35.5. The van der Waals surface area contributed by atoms with Gasteiger partial charge in [0, 0.05) is 49.7 Å². The summed E-state index contributed by atoms with van der Waals surface area (Å²) in [6.07, 6.45) is 6.77. The maximum absolute atomic E-state index is 12.8. The number of nitrogens with zero attached hydrogens (tertiary/aromatic N) is 3. The number of aryl methyl sites for hydroxylation is 1. The largest absolute Gasteiger partial charge is 0.342 e. The molecule has 5 nitrogen and oxygen atoms in total. The Morgan fingerprint density at radius 1 is 0.893 bits per heavy atom. The summed E-state index contributed by atoms with van der Waals surface area (Å²) >= 11 is 5.93. The molecule has 2 amide bonds. The van der Waals surface area contributed by atoms with Gasteiger partial charge < -0.3 is 9.80 Å². The molecule has 1 aromatic carbocycles.